The monoisotopic (exact) mass is 265 g/mol. The fourth-order valence-electron chi connectivity index (χ4n) is 3.27. The second-order valence-electron chi connectivity index (χ2n) is 5.72. The third kappa shape index (κ3) is 3.18. The molecule has 2 N–H and O–H groups in total. The molecule has 1 saturated carbocycles. The molecule has 1 fully saturated rings. The standard InChI is InChI=1S/C15H27N3O/c1-3-8-17-15(12-19)7-5-6-13(11-15)18-10-9-16-14(18)4-2/h9-10,13,17,19H,3-8,11-12H2,1-2H3. The average Bonchev–Trinajstić information content (AvgIpc) is 2.94. The Morgan fingerprint density at radius 2 is 2.37 bits per heavy atom. The van der Waals surface area contributed by atoms with Gasteiger partial charge in [-0.3, -0.25) is 0 Å². The Hall–Kier alpha value is -0.870. The van der Waals surface area contributed by atoms with Crippen LogP contribution in [0.2, 0.25) is 0 Å². The second-order valence-corrected chi connectivity index (χ2v) is 5.72. The Balaban J connectivity index is 2.11. The zero-order valence-corrected chi connectivity index (χ0v) is 12.2. The van der Waals surface area contributed by atoms with Crippen LogP contribution in [0.25, 0.3) is 0 Å². The summed E-state index contributed by atoms with van der Waals surface area (Å²) >= 11 is 0. The van der Waals surface area contributed by atoms with Crippen LogP contribution in [0.5, 0.6) is 0 Å². The molecule has 1 aromatic heterocycles. The van der Waals surface area contributed by atoms with Crippen LogP contribution < -0.4 is 5.32 Å². The SMILES string of the molecule is CCCNC1(CO)CCCC(n2ccnc2CC)C1. The first-order valence-corrected chi connectivity index (χ1v) is 7.62. The van der Waals surface area contributed by atoms with E-state index in [1.54, 1.807) is 0 Å². The molecule has 0 radical (unpaired) electrons. The Bertz CT molecular complexity index is 390. The first-order chi connectivity index (χ1) is 9.24. The lowest BCUT2D eigenvalue weighted by Crippen LogP contribution is -2.52. The minimum absolute atomic E-state index is 0.0891. The number of aromatic nitrogens is 2. The molecule has 19 heavy (non-hydrogen) atoms. The molecule has 0 aromatic carbocycles. The predicted molar refractivity (Wildman–Crippen MR) is 77.2 cm³/mol. The Morgan fingerprint density at radius 3 is 3.05 bits per heavy atom. The van der Waals surface area contributed by atoms with Crippen molar-refractivity contribution in [3.63, 3.8) is 0 Å². The highest BCUT2D eigenvalue weighted by atomic mass is 16.3. The van der Waals surface area contributed by atoms with Gasteiger partial charge >= 0.3 is 0 Å². The van der Waals surface area contributed by atoms with E-state index in [9.17, 15) is 5.11 Å². The summed E-state index contributed by atoms with van der Waals surface area (Å²) in [6.45, 7) is 5.54. The quantitative estimate of drug-likeness (QED) is 0.829. The van der Waals surface area contributed by atoms with Gasteiger partial charge in [0.15, 0.2) is 0 Å². The zero-order valence-electron chi connectivity index (χ0n) is 12.2. The summed E-state index contributed by atoms with van der Waals surface area (Å²) in [7, 11) is 0. The third-order valence-electron chi connectivity index (χ3n) is 4.33. The van der Waals surface area contributed by atoms with Crippen molar-refractivity contribution in [1.29, 1.82) is 0 Å². The smallest absolute Gasteiger partial charge is 0.108 e. The van der Waals surface area contributed by atoms with E-state index in [1.807, 2.05) is 6.20 Å². The van der Waals surface area contributed by atoms with Crippen molar-refractivity contribution in [1.82, 2.24) is 14.9 Å². The van der Waals surface area contributed by atoms with E-state index >= 15 is 0 Å². The van der Waals surface area contributed by atoms with Crippen LogP contribution in [0.3, 0.4) is 0 Å². The van der Waals surface area contributed by atoms with Crippen molar-refractivity contribution in [2.24, 2.45) is 0 Å². The van der Waals surface area contributed by atoms with Gasteiger partial charge in [-0.15, -0.1) is 0 Å². The maximum absolute atomic E-state index is 9.82. The van der Waals surface area contributed by atoms with Gasteiger partial charge in [-0.1, -0.05) is 13.8 Å². The number of imidazole rings is 1. The van der Waals surface area contributed by atoms with Crippen molar-refractivity contribution in [3.05, 3.63) is 18.2 Å². The molecule has 1 heterocycles. The summed E-state index contributed by atoms with van der Waals surface area (Å²) in [5.41, 5.74) is -0.0891. The molecule has 0 aliphatic heterocycles. The molecule has 1 aliphatic rings. The molecule has 4 heteroatoms. The van der Waals surface area contributed by atoms with Crippen molar-refractivity contribution in [3.8, 4) is 0 Å². The van der Waals surface area contributed by atoms with Gasteiger partial charge in [0.2, 0.25) is 0 Å². The molecule has 4 nitrogen and oxygen atoms in total. The molecule has 0 saturated heterocycles. The average molecular weight is 265 g/mol. The van der Waals surface area contributed by atoms with Gasteiger partial charge in [-0.25, -0.2) is 4.98 Å². The largest absolute Gasteiger partial charge is 0.394 e. The fourth-order valence-corrected chi connectivity index (χ4v) is 3.27. The molecule has 0 bridgehead atoms. The van der Waals surface area contributed by atoms with Crippen LogP contribution >= 0.6 is 0 Å². The number of hydrogen-bond donors (Lipinski definition) is 2. The lowest BCUT2D eigenvalue weighted by molar-refractivity contribution is 0.0972. The second kappa shape index (κ2) is 6.53. The van der Waals surface area contributed by atoms with Crippen molar-refractivity contribution >= 4 is 0 Å². The number of nitrogens with zero attached hydrogens (tertiary/aromatic N) is 2. The summed E-state index contributed by atoms with van der Waals surface area (Å²) in [6.07, 6.45) is 10.5. The minimum atomic E-state index is -0.0891. The maximum Gasteiger partial charge on any atom is 0.108 e. The van der Waals surface area contributed by atoms with Gasteiger partial charge in [0.25, 0.3) is 0 Å². The van der Waals surface area contributed by atoms with Crippen molar-refractivity contribution in [2.75, 3.05) is 13.2 Å². The van der Waals surface area contributed by atoms with Gasteiger partial charge in [0, 0.05) is 30.4 Å². The number of hydrogen-bond acceptors (Lipinski definition) is 3. The molecule has 108 valence electrons. The highest BCUT2D eigenvalue weighted by Gasteiger charge is 2.36. The lowest BCUT2D eigenvalue weighted by Gasteiger charge is -2.41. The zero-order chi connectivity index (χ0) is 13.7. The van der Waals surface area contributed by atoms with E-state index in [4.69, 9.17) is 0 Å². The topological polar surface area (TPSA) is 50.1 Å². The van der Waals surface area contributed by atoms with Gasteiger partial charge in [-0.2, -0.15) is 0 Å². The number of aryl methyl sites for hydroxylation is 1. The summed E-state index contributed by atoms with van der Waals surface area (Å²) in [5.74, 6) is 1.16. The van der Waals surface area contributed by atoms with Crippen LogP contribution in [0.1, 0.15) is 57.8 Å². The first kappa shape index (κ1) is 14.5. The van der Waals surface area contributed by atoms with E-state index < -0.39 is 0 Å². The van der Waals surface area contributed by atoms with Gasteiger partial charge < -0.3 is 15.0 Å². The molecule has 0 amide bonds. The normalized spacial score (nSPS) is 27.6. The minimum Gasteiger partial charge on any atom is -0.394 e. The summed E-state index contributed by atoms with van der Waals surface area (Å²) in [5, 5.41) is 13.4. The van der Waals surface area contributed by atoms with Crippen LogP contribution in [-0.2, 0) is 6.42 Å². The fraction of sp³-hybridized carbons (Fsp3) is 0.800. The molecule has 1 aromatic rings. The number of rotatable bonds is 6. The number of nitrogens with one attached hydrogen (secondary N) is 1. The molecule has 0 spiro atoms. The first-order valence-electron chi connectivity index (χ1n) is 7.62. The van der Waals surface area contributed by atoms with E-state index in [0.29, 0.717) is 6.04 Å². The van der Waals surface area contributed by atoms with E-state index in [-0.39, 0.29) is 12.1 Å². The van der Waals surface area contributed by atoms with Gasteiger partial charge in [-0.05, 0) is 38.6 Å². The number of aliphatic hydroxyl groups excluding tert-OH is 1. The highest BCUT2D eigenvalue weighted by Crippen LogP contribution is 2.36. The highest BCUT2D eigenvalue weighted by molar-refractivity contribution is 5.01. The lowest BCUT2D eigenvalue weighted by atomic mass is 9.79. The Labute approximate surface area is 116 Å². The summed E-state index contributed by atoms with van der Waals surface area (Å²) < 4.78 is 2.32. The van der Waals surface area contributed by atoms with Crippen LogP contribution in [0.4, 0.5) is 0 Å². The molecular formula is C15H27N3O. The van der Waals surface area contributed by atoms with Gasteiger partial charge in [0.1, 0.15) is 5.82 Å². The number of aliphatic hydroxyl groups is 1. The molecule has 2 atom stereocenters. The molecular weight excluding hydrogens is 238 g/mol. The van der Waals surface area contributed by atoms with Crippen molar-refractivity contribution in [2.45, 2.75) is 64.0 Å². The maximum atomic E-state index is 9.82. The van der Waals surface area contributed by atoms with E-state index in [0.717, 1.165) is 38.1 Å². The summed E-state index contributed by atoms with van der Waals surface area (Å²) in [4.78, 5) is 4.43. The van der Waals surface area contributed by atoms with E-state index in [2.05, 4.69) is 34.9 Å². The van der Waals surface area contributed by atoms with Crippen LogP contribution in [-0.4, -0.2) is 33.3 Å². The molecule has 2 rings (SSSR count). The van der Waals surface area contributed by atoms with Crippen molar-refractivity contribution < 1.29 is 5.11 Å². The molecule has 1 aliphatic carbocycles. The molecule has 2 unspecified atom stereocenters. The Morgan fingerprint density at radius 1 is 1.53 bits per heavy atom. The van der Waals surface area contributed by atoms with Gasteiger partial charge in [0.05, 0.1) is 6.61 Å². The third-order valence-corrected chi connectivity index (χ3v) is 4.33. The van der Waals surface area contributed by atoms with Crippen LogP contribution in [0.15, 0.2) is 12.4 Å². The van der Waals surface area contributed by atoms with Crippen LogP contribution in [0, 0.1) is 0 Å². The summed E-state index contributed by atoms with van der Waals surface area (Å²) in [6, 6.07) is 0.475. The van der Waals surface area contributed by atoms with E-state index in [1.165, 1.54) is 12.8 Å². The Kier molecular flexibility index (Phi) is 4.99. The predicted octanol–water partition coefficient (Wildman–Crippen LogP) is 2.29.